The maximum Gasteiger partial charge on any atom is 0.227 e. The van der Waals surface area contributed by atoms with Crippen LogP contribution in [0.1, 0.15) is 31.2 Å². The molecule has 1 aliphatic heterocycles. The van der Waals surface area contributed by atoms with Gasteiger partial charge in [-0.2, -0.15) is 0 Å². The van der Waals surface area contributed by atoms with Crippen molar-refractivity contribution in [1.29, 1.82) is 0 Å². The fraction of sp³-hybridized carbons (Fsp3) is 0.588. The molecule has 4 heteroatoms. The number of benzene rings is 1. The zero-order valence-corrected chi connectivity index (χ0v) is 13.1. The Morgan fingerprint density at radius 2 is 1.90 bits per heavy atom. The number of nitrogens with one attached hydrogen (secondary N) is 1. The van der Waals surface area contributed by atoms with Gasteiger partial charge in [0.2, 0.25) is 5.91 Å². The van der Waals surface area contributed by atoms with E-state index in [2.05, 4.69) is 5.32 Å². The Kier molecular flexibility index (Phi) is 4.81. The van der Waals surface area contributed by atoms with Gasteiger partial charge in [0.25, 0.3) is 0 Å². The van der Waals surface area contributed by atoms with Gasteiger partial charge < -0.3 is 10.2 Å². The molecule has 1 saturated carbocycles. The summed E-state index contributed by atoms with van der Waals surface area (Å²) in [4.78, 5) is 14.3. The van der Waals surface area contributed by atoms with Crippen molar-refractivity contribution in [2.45, 2.75) is 38.1 Å². The second-order valence-corrected chi connectivity index (χ2v) is 6.68. The smallest absolute Gasteiger partial charge is 0.227 e. The van der Waals surface area contributed by atoms with Gasteiger partial charge in [-0.05, 0) is 49.8 Å². The Morgan fingerprint density at radius 1 is 1.19 bits per heavy atom. The number of nitrogens with zero attached hydrogens (tertiary/aromatic N) is 1. The van der Waals surface area contributed by atoms with E-state index in [1.807, 2.05) is 29.2 Å². The largest absolute Gasteiger partial charge is 0.342 e. The summed E-state index contributed by atoms with van der Waals surface area (Å²) < 4.78 is 0. The van der Waals surface area contributed by atoms with Crippen LogP contribution in [0.2, 0.25) is 5.02 Å². The van der Waals surface area contributed by atoms with E-state index >= 15 is 0 Å². The molecule has 1 saturated heterocycles. The third-order valence-corrected chi connectivity index (χ3v) is 4.91. The lowest BCUT2D eigenvalue weighted by atomic mass is 10.0. The molecule has 3 nitrogen and oxygen atoms in total. The SMILES string of the molecule is O=C(Cc1ccccc1Cl)N1CCC(NCC2CC2)CC1. The highest BCUT2D eigenvalue weighted by atomic mass is 35.5. The molecule has 0 atom stereocenters. The summed E-state index contributed by atoms with van der Waals surface area (Å²) in [6.45, 7) is 2.90. The van der Waals surface area contributed by atoms with Crippen LogP contribution in [0.4, 0.5) is 0 Å². The van der Waals surface area contributed by atoms with Crippen LogP contribution in [0.3, 0.4) is 0 Å². The minimum Gasteiger partial charge on any atom is -0.342 e. The van der Waals surface area contributed by atoms with Gasteiger partial charge in [-0.15, -0.1) is 0 Å². The summed E-state index contributed by atoms with van der Waals surface area (Å²) in [5, 5.41) is 4.33. The molecule has 2 fully saturated rings. The molecular weight excluding hydrogens is 284 g/mol. The van der Waals surface area contributed by atoms with E-state index in [4.69, 9.17) is 11.6 Å². The molecule has 0 unspecified atom stereocenters. The molecule has 2 aliphatic rings. The Balaban J connectivity index is 1.45. The molecule has 1 aromatic carbocycles. The van der Waals surface area contributed by atoms with E-state index in [-0.39, 0.29) is 5.91 Å². The predicted octanol–water partition coefficient (Wildman–Crippen LogP) is 2.87. The van der Waals surface area contributed by atoms with Crippen LogP contribution >= 0.6 is 11.6 Å². The van der Waals surface area contributed by atoms with Crippen molar-refractivity contribution in [1.82, 2.24) is 10.2 Å². The van der Waals surface area contributed by atoms with Crippen LogP contribution in [0.25, 0.3) is 0 Å². The molecule has 1 heterocycles. The summed E-state index contributed by atoms with van der Waals surface area (Å²) in [6.07, 6.45) is 5.34. The number of piperidine rings is 1. The molecule has 3 rings (SSSR count). The van der Waals surface area contributed by atoms with E-state index in [1.165, 1.54) is 12.8 Å². The lowest BCUT2D eigenvalue weighted by Crippen LogP contribution is -2.45. The molecule has 0 bridgehead atoms. The Labute approximate surface area is 131 Å². The molecule has 0 aromatic heterocycles. The molecule has 0 spiro atoms. The minimum atomic E-state index is 0.198. The molecule has 1 N–H and O–H groups in total. The standard InChI is InChI=1S/C17H23ClN2O/c18-16-4-2-1-3-14(16)11-17(21)20-9-7-15(8-10-20)19-12-13-5-6-13/h1-4,13,15,19H,5-12H2. The number of likely N-dealkylation sites (tertiary alicyclic amines) is 1. The Hall–Kier alpha value is -1.06. The van der Waals surface area contributed by atoms with Crippen LogP contribution in [0.15, 0.2) is 24.3 Å². The molecule has 1 aromatic rings. The number of hydrogen-bond acceptors (Lipinski definition) is 2. The topological polar surface area (TPSA) is 32.3 Å². The fourth-order valence-corrected chi connectivity index (χ4v) is 3.11. The molecular formula is C17H23ClN2O. The van der Waals surface area contributed by atoms with Gasteiger partial charge in [0.1, 0.15) is 0 Å². The van der Waals surface area contributed by atoms with Crippen LogP contribution in [-0.4, -0.2) is 36.5 Å². The Bertz CT molecular complexity index is 493. The van der Waals surface area contributed by atoms with Crippen molar-refractivity contribution in [3.8, 4) is 0 Å². The third-order valence-electron chi connectivity index (χ3n) is 4.54. The second-order valence-electron chi connectivity index (χ2n) is 6.27. The first-order valence-corrected chi connectivity index (χ1v) is 8.35. The van der Waals surface area contributed by atoms with E-state index in [0.29, 0.717) is 17.5 Å². The van der Waals surface area contributed by atoms with Gasteiger partial charge in [0, 0.05) is 24.2 Å². The number of carbonyl (C=O) groups is 1. The van der Waals surface area contributed by atoms with Crippen LogP contribution in [0.5, 0.6) is 0 Å². The van der Waals surface area contributed by atoms with Crippen molar-refractivity contribution < 1.29 is 4.79 Å². The quantitative estimate of drug-likeness (QED) is 0.907. The minimum absolute atomic E-state index is 0.198. The zero-order chi connectivity index (χ0) is 14.7. The first-order chi connectivity index (χ1) is 10.2. The maximum atomic E-state index is 12.3. The second kappa shape index (κ2) is 6.80. The van der Waals surface area contributed by atoms with Crippen LogP contribution in [0, 0.1) is 5.92 Å². The molecule has 114 valence electrons. The first kappa shape index (κ1) is 14.9. The van der Waals surface area contributed by atoms with Gasteiger partial charge in [-0.25, -0.2) is 0 Å². The van der Waals surface area contributed by atoms with E-state index in [0.717, 1.165) is 44.0 Å². The van der Waals surface area contributed by atoms with Gasteiger partial charge in [0.15, 0.2) is 0 Å². The maximum absolute atomic E-state index is 12.3. The van der Waals surface area contributed by atoms with Gasteiger partial charge in [0.05, 0.1) is 6.42 Å². The average Bonchev–Trinajstić information content (AvgIpc) is 3.32. The van der Waals surface area contributed by atoms with Crippen LogP contribution in [-0.2, 0) is 11.2 Å². The highest BCUT2D eigenvalue weighted by Gasteiger charge is 2.26. The van der Waals surface area contributed by atoms with E-state index in [1.54, 1.807) is 0 Å². The monoisotopic (exact) mass is 306 g/mol. The van der Waals surface area contributed by atoms with E-state index < -0.39 is 0 Å². The third kappa shape index (κ3) is 4.21. The van der Waals surface area contributed by atoms with Crippen molar-refractivity contribution in [3.05, 3.63) is 34.9 Å². The Morgan fingerprint density at radius 3 is 2.57 bits per heavy atom. The highest BCUT2D eigenvalue weighted by Crippen LogP contribution is 2.28. The number of carbonyl (C=O) groups excluding carboxylic acids is 1. The molecule has 0 radical (unpaired) electrons. The van der Waals surface area contributed by atoms with Crippen molar-refractivity contribution in [3.63, 3.8) is 0 Å². The highest BCUT2D eigenvalue weighted by molar-refractivity contribution is 6.31. The van der Waals surface area contributed by atoms with Gasteiger partial charge in [-0.3, -0.25) is 4.79 Å². The number of amides is 1. The van der Waals surface area contributed by atoms with Gasteiger partial charge in [-0.1, -0.05) is 29.8 Å². The van der Waals surface area contributed by atoms with Crippen molar-refractivity contribution >= 4 is 17.5 Å². The summed E-state index contributed by atoms with van der Waals surface area (Å²) in [6, 6.07) is 8.20. The number of halogens is 1. The van der Waals surface area contributed by atoms with Gasteiger partial charge >= 0.3 is 0 Å². The molecule has 1 amide bonds. The lowest BCUT2D eigenvalue weighted by Gasteiger charge is -2.32. The summed E-state index contributed by atoms with van der Waals surface area (Å²) in [5.74, 6) is 1.12. The van der Waals surface area contributed by atoms with E-state index in [9.17, 15) is 4.79 Å². The normalized spacial score (nSPS) is 19.8. The summed E-state index contributed by atoms with van der Waals surface area (Å²) >= 11 is 6.13. The summed E-state index contributed by atoms with van der Waals surface area (Å²) in [5.41, 5.74) is 0.929. The summed E-state index contributed by atoms with van der Waals surface area (Å²) in [7, 11) is 0. The molecule has 21 heavy (non-hydrogen) atoms. The number of hydrogen-bond donors (Lipinski definition) is 1. The van der Waals surface area contributed by atoms with Crippen molar-refractivity contribution in [2.24, 2.45) is 5.92 Å². The van der Waals surface area contributed by atoms with Crippen LogP contribution < -0.4 is 5.32 Å². The average molecular weight is 307 g/mol. The lowest BCUT2D eigenvalue weighted by molar-refractivity contribution is -0.131. The first-order valence-electron chi connectivity index (χ1n) is 7.97. The predicted molar refractivity (Wildman–Crippen MR) is 85.5 cm³/mol. The fourth-order valence-electron chi connectivity index (χ4n) is 2.90. The molecule has 1 aliphatic carbocycles. The zero-order valence-electron chi connectivity index (χ0n) is 12.4. The number of rotatable bonds is 5. The van der Waals surface area contributed by atoms with Crippen molar-refractivity contribution in [2.75, 3.05) is 19.6 Å².